The first-order valence-corrected chi connectivity index (χ1v) is 10.8. The third kappa shape index (κ3) is 6.36. The molecule has 3 rings (SSSR count). The summed E-state index contributed by atoms with van der Waals surface area (Å²) in [6.45, 7) is 6.90. The zero-order valence-corrected chi connectivity index (χ0v) is 18.5. The Kier molecular flexibility index (Phi) is 7.82. The summed E-state index contributed by atoms with van der Waals surface area (Å²) < 4.78 is 5.77. The Hall–Kier alpha value is -1.75. The molecule has 1 heterocycles. The van der Waals surface area contributed by atoms with Crippen LogP contribution in [0.5, 0.6) is 5.75 Å². The van der Waals surface area contributed by atoms with Crippen LogP contribution in [0.4, 0.5) is 0 Å². The van der Waals surface area contributed by atoms with E-state index in [-0.39, 0.29) is 17.9 Å². The Labute approximate surface area is 183 Å². The van der Waals surface area contributed by atoms with Crippen molar-refractivity contribution in [3.63, 3.8) is 0 Å². The molecule has 1 aliphatic rings. The van der Waals surface area contributed by atoms with Crippen LogP contribution in [0.3, 0.4) is 0 Å². The molecule has 6 heteroatoms. The van der Waals surface area contributed by atoms with Crippen molar-refractivity contribution < 1.29 is 9.53 Å². The van der Waals surface area contributed by atoms with E-state index < -0.39 is 0 Å². The van der Waals surface area contributed by atoms with Crippen LogP contribution in [0.2, 0.25) is 10.0 Å². The number of hydrogen-bond donors (Lipinski definition) is 1. The molecule has 1 amide bonds. The lowest BCUT2D eigenvalue weighted by atomic mass is 9.95. The molecule has 0 aliphatic carbocycles. The maximum atomic E-state index is 12.6. The van der Waals surface area contributed by atoms with Crippen molar-refractivity contribution in [3.8, 4) is 5.75 Å². The molecule has 156 valence electrons. The zero-order valence-electron chi connectivity index (χ0n) is 17.0. The van der Waals surface area contributed by atoms with Crippen LogP contribution in [0.15, 0.2) is 42.5 Å². The summed E-state index contributed by atoms with van der Waals surface area (Å²) >= 11 is 12.6. The number of likely N-dealkylation sites (tertiary alicyclic amines) is 1. The number of piperidine rings is 1. The molecule has 0 unspecified atom stereocenters. The average Bonchev–Trinajstić information content (AvgIpc) is 2.71. The summed E-state index contributed by atoms with van der Waals surface area (Å²) in [6, 6.07) is 13.5. The number of amides is 1. The lowest BCUT2D eigenvalue weighted by molar-refractivity contribution is -0.127. The Morgan fingerprint density at radius 2 is 1.76 bits per heavy atom. The minimum Gasteiger partial charge on any atom is -0.491 e. The van der Waals surface area contributed by atoms with Crippen molar-refractivity contribution in [3.05, 3.63) is 63.6 Å². The molecule has 0 saturated carbocycles. The van der Waals surface area contributed by atoms with Crippen LogP contribution in [0, 0.1) is 12.8 Å². The SMILES string of the molecule is Cc1ccc(OC[C@H](C)NC(=O)C2CCN(Cc3c(Cl)cccc3Cl)CC2)cc1. The Balaban J connectivity index is 1.41. The molecule has 0 aromatic heterocycles. The van der Waals surface area contributed by atoms with Crippen LogP contribution in [0.1, 0.15) is 30.9 Å². The fraction of sp³-hybridized carbons (Fsp3) is 0.435. The van der Waals surface area contributed by atoms with Gasteiger partial charge in [-0.05, 0) is 64.0 Å². The van der Waals surface area contributed by atoms with Crippen LogP contribution in [-0.4, -0.2) is 36.5 Å². The van der Waals surface area contributed by atoms with Crippen LogP contribution < -0.4 is 10.1 Å². The fourth-order valence-corrected chi connectivity index (χ4v) is 4.04. The van der Waals surface area contributed by atoms with Crippen LogP contribution >= 0.6 is 23.2 Å². The molecule has 0 spiro atoms. The van der Waals surface area contributed by atoms with Gasteiger partial charge in [-0.15, -0.1) is 0 Å². The highest BCUT2D eigenvalue weighted by Gasteiger charge is 2.26. The molecule has 4 nitrogen and oxygen atoms in total. The van der Waals surface area contributed by atoms with Gasteiger partial charge in [0.05, 0.1) is 6.04 Å². The topological polar surface area (TPSA) is 41.6 Å². The van der Waals surface area contributed by atoms with E-state index in [4.69, 9.17) is 27.9 Å². The van der Waals surface area contributed by atoms with Crippen molar-refractivity contribution in [2.24, 2.45) is 5.92 Å². The third-order valence-electron chi connectivity index (χ3n) is 5.31. The number of nitrogens with zero attached hydrogens (tertiary/aromatic N) is 1. The van der Waals surface area contributed by atoms with Gasteiger partial charge in [0.15, 0.2) is 0 Å². The van der Waals surface area contributed by atoms with E-state index >= 15 is 0 Å². The maximum absolute atomic E-state index is 12.6. The lowest BCUT2D eigenvalue weighted by Crippen LogP contribution is -2.44. The molecule has 1 atom stereocenters. The second-order valence-corrected chi connectivity index (χ2v) is 8.60. The lowest BCUT2D eigenvalue weighted by Gasteiger charge is -2.32. The second kappa shape index (κ2) is 10.3. The van der Waals surface area contributed by atoms with E-state index in [0.717, 1.165) is 37.2 Å². The first kappa shape index (κ1) is 21.9. The van der Waals surface area contributed by atoms with E-state index in [1.807, 2.05) is 56.3 Å². The number of hydrogen-bond acceptors (Lipinski definition) is 3. The molecular weight excluding hydrogens is 407 g/mol. The fourth-order valence-electron chi connectivity index (χ4n) is 3.52. The number of ether oxygens (including phenoxy) is 1. The van der Waals surface area contributed by atoms with Crippen molar-refractivity contribution in [1.29, 1.82) is 0 Å². The molecule has 2 aromatic rings. The number of aryl methyl sites for hydroxylation is 1. The predicted octanol–water partition coefficient (Wildman–Crippen LogP) is 5.10. The highest BCUT2D eigenvalue weighted by molar-refractivity contribution is 6.35. The van der Waals surface area contributed by atoms with Gasteiger partial charge in [0.2, 0.25) is 5.91 Å². The smallest absolute Gasteiger partial charge is 0.223 e. The summed E-state index contributed by atoms with van der Waals surface area (Å²) in [5.74, 6) is 0.971. The molecule has 1 aliphatic heterocycles. The zero-order chi connectivity index (χ0) is 20.8. The minimum absolute atomic E-state index is 0.0368. The van der Waals surface area contributed by atoms with Crippen molar-refractivity contribution in [1.82, 2.24) is 10.2 Å². The van der Waals surface area contributed by atoms with E-state index in [1.54, 1.807) is 0 Å². The summed E-state index contributed by atoms with van der Waals surface area (Å²) in [5, 5.41) is 4.48. The van der Waals surface area contributed by atoms with Gasteiger partial charge in [-0.25, -0.2) is 0 Å². The average molecular weight is 435 g/mol. The number of carbonyl (C=O) groups is 1. The normalized spacial score (nSPS) is 16.4. The number of halogens is 2. The summed E-state index contributed by atoms with van der Waals surface area (Å²) in [5.41, 5.74) is 2.16. The van der Waals surface area contributed by atoms with Gasteiger partial charge < -0.3 is 10.1 Å². The highest BCUT2D eigenvalue weighted by atomic mass is 35.5. The monoisotopic (exact) mass is 434 g/mol. The third-order valence-corrected chi connectivity index (χ3v) is 6.02. The highest BCUT2D eigenvalue weighted by Crippen LogP contribution is 2.27. The van der Waals surface area contributed by atoms with Crippen LogP contribution in [-0.2, 0) is 11.3 Å². The first-order valence-electron chi connectivity index (χ1n) is 10.1. The molecular formula is C23H28Cl2N2O2. The summed E-state index contributed by atoms with van der Waals surface area (Å²) in [6.07, 6.45) is 1.67. The van der Waals surface area contributed by atoms with Gasteiger partial charge in [-0.1, -0.05) is 47.0 Å². The first-order chi connectivity index (χ1) is 13.9. The largest absolute Gasteiger partial charge is 0.491 e. The van der Waals surface area contributed by atoms with Crippen molar-refractivity contribution in [2.75, 3.05) is 19.7 Å². The summed E-state index contributed by atoms with van der Waals surface area (Å²) in [4.78, 5) is 14.9. The molecule has 29 heavy (non-hydrogen) atoms. The van der Waals surface area contributed by atoms with Gasteiger partial charge in [0.1, 0.15) is 12.4 Å². The second-order valence-electron chi connectivity index (χ2n) is 7.78. The van der Waals surface area contributed by atoms with Gasteiger partial charge in [-0.3, -0.25) is 9.69 Å². The molecule has 2 aromatic carbocycles. The van der Waals surface area contributed by atoms with E-state index in [2.05, 4.69) is 10.2 Å². The van der Waals surface area contributed by atoms with E-state index in [9.17, 15) is 4.79 Å². The standard InChI is InChI=1S/C23H28Cl2N2O2/c1-16-6-8-19(9-7-16)29-15-17(2)26-23(28)18-10-12-27(13-11-18)14-20-21(24)4-3-5-22(20)25/h3-9,17-18H,10-15H2,1-2H3,(H,26,28)/t17-/m0/s1. The molecule has 1 saturated heterocycles. The molecule has 1 fully saturated rings. The van der Waals surface area contributed by atoms with Crippen LogP contribution in [0.25, 0.3) is 0 Å². The van der Waals surface area contributed by atoms with Gasteiger partial charge in [0.25, 0.3) is 0 Å². The number of rotatable bonds is 7. The number of carbonyl (C=O) groups excluding carboxylic acids is 1. The van der Waals surface area contributed by atoms with Crippen molar-refractivity contribution in [2.45, 2.75) is 39.3 Å². The van der Waals surface area contributed by atoms with Gasteiger partial charge in [-0.2, -0.15) is 0 Å². The van der Waals surface area contributed by atoms with Crippen molar-refractivity contribution >= 4 is 29.1 Å². The maximum Gasteiger partial charge on any atom is 0.223 e. The number of benzene rings is 2. The van der Waals surface area contributed by atoms with E-state index in [1.165, 1.54) is 5.56 Å². The Bertz CT molecular complexity index is 798. The molecule has 0 radical (unpaired) electrons. The molecule has 1 N–H and O–H groups in total. The Morgan fingerprint density at radius 1 is 1.14 bits per heavy atom. The quantitative estimate of drug-likeness (QED) is 0.658. The van der Waals surface area contributed by atoms with Gasteiger partial charge in [0, 0.05) is 28.1 Å². The number of nitrogens with one attached hydrogen (secondary N) is 1. The minimum atomic E-state index is -0.0382. The summed E-state index contributed by atoms with van der Waals surface area (Å²) in [7, 11) is 0. The molecule has 0 bridgehead atoms. The van der Waals surface area contributed by atoms with E-state index in [0.29, 0.717) is 23.2 Å². The Morgan fingerprint density at radius 3 is 2.38 bits per heavy atom. The predicted molar refractivity (Wildman–Crippen MR) is 119 cm³/mol. The van der Waals surface area contributed by atoms with Gasteiger partial charge >= 0.3 is 0 Å².